The van der Waals surface area contributed by atoms with Crippen molar-refractivity contribution < 1.29 is 9.50 Å². The van der Waals surface area contributed by atoms with Crippen LogP contribution in [0.4, 0.5) is 4.39 Å². The van der Waals surface area contributed by atoms with Crippen LogP contribution in [0.3, 0.4) is 0 Å². The molecule has 0 aliphatic heterocycles. The van der Waals surface area contributed by atoms with E-state index in [9.17, 15) is 9.50 Å². The third-order valence-corrected chi connectivity index (χ3v) is 4.28. The second kappa shape index (κ2) is 5.76. The van der Waals surface area contributed by atoms with Crippen LogP contribution in [0.1, 0.15) is 17.2 Å². The van der Waals surface area contributed by atoms with Crippen molar-refractivity contribution in [3.8, 4) is 0 Å². The highest BCUT2D eigenvalue weighted by Gasteiger charge is 2.18. The molecule has 0 radical (unpaired) electrons. The summed E-state index contributed by atoms with van der Waals surface area (Å²) in [5.41, 5.74) is 0.877. The van der Waals surface area contributed by atoms with Gasteiger partial charge in [-0.1, -0.05) is 63.9 Å². The van der Waals surface area contributed by atoms with Crippen molar-refractivity contribution >= 4 is 38.3 Å². The number of halogens is 3. The van der Waals surface area contributed by atoms with E-state index in [4.69, 9.17) is 11.6 Å². The minimum atomic E-state index is -1.04. The van der Waals surface area contributed by atoms with Gasteiger partial charge in [-0.05, 0) is 29.1 Å². The van der Waals surface area contributed by atoms with Gasteiger partial charge in [-0.15, -0.1) is 0 Å². The molecule has 1 N–H and O–H groups in total. The maximum atomic E-state index is 14.0. The Labute approximate surface area is 135 Å². The first-order valence-corrected chi connectivity index (χ1v) is 7.55. The SMILES string of the molecule is OC(c1ccc(Br)cc1F)c1ccc(Cl)c2ccccc12. The second-order valence-corrected chi connectivity index (χ2v) is 6.07. The predicted molar refractivity (Wildman–Crippen MR) is 87.1 cm³/mol. The van der Waals surface area contributed by atoms with Crippen LogP contribution in [0.5, 0.6) is 0 Å². The highest BCUT2D eigenvalue weighted by Crippen LogP contribution is 2.34. The minimum absolute atomic E-state index is 0.241. The summed E-state index contributed by atoms with van der Waals surface area (Å²) in [5.74, 6) is -0.448. The molecule has 1 unspecified atom stereocenters. The molecule has 4 heteroatoms. The summed E-state index contributed by atoms with van der Waals surface area (Å²) in [6.45, 7) is 0. The molecule has 3 rings (SSSR count). The van der Waals surface area contributed by atoms with Crippen molar-refractivity contribution in [2.24, 2.45) is 0 Å². The molecule has 0 bridgehead atoms. The summed E-state index contributed by atoms with van der Waals surface area (Å²) in [6, 6.07) is 15.6. The number of rotatable bonds is 2. The van der Waals surface area contributed by atoms with Crippen molar-refractivity contribution in [1.29, 1.82) is 0 Å². The van der Waals surface area contributed by atoms with Gasteiger partial charge >= 0.3 is 0 Å². The molecule has 3 aromatic rings. The van der Waals surface area contributed by atoms with E-state index < -0.39 is 11.9 Å². The molecular weight excluding hydrogens is 355 g/mol. The van der Waals surface area contributed by atoms with Gasteiger partial charge in [0, 0.05) is 20.4 Å². The quantitative estimate of drug-likeness (QED) is 0.638. The van der Waals surface area contributed by atoms with Gasteiger partial charge in [-0.3, -0.25) is 0 Å². The van der Waals surface area contributed by atoms with Gasteiger partial charge in [0.2, 0.25) is 0 Å². The molecule has 0 amide bonds. The average molecular weight is 366 g/mol. The topological polar surface area (TPSA) is 20.2 Å². The lowest BCUT2D eigenvalue weighted by Gasteiger charge is -2.16. The number of fused-ring (bicyclic) bond motifs is 1. The Kier molecular flexibility index (Phi) is 3.98. The molecule has 0 aliphatic carbocycles. The first-order valence-electron chi connectivity index (χ1n) is 6.38. The van der Waals surface area contributed by atoms with E-state index in [2.05, 4.69) is 15.9 Å². The first-order chi connectivity index (χ1) is 10.1. The van der Waals surface area contributed by atoms with Crippen LogP contribution in [-0.4, -0.2) is 5.11 Å². The number of hydrogen-bond donors (Lipinski definition) is 1. The zero-order valence-corrected chi connectivity index (χ0v) is 13.2. The Morgan fingerprint density at radius 3 is 2.33 bits per heavy atom. The molecule has 106 valence electrons. The fraction of sp³-hybridized carbons (Fsp3) is 0.0588. The highest BCUT2D eigenvalue weighted by atomic mass is 79.9. The van der Waals surface area contributed by atoms with Crippen LogP contribution >= 0.6 is 27.5 Å². The van der Waals surface area contributed by atoms with E-state index in [0.717, 1.165) is 10.8 Å². The molecular formula is C17H11BrClFO. The summed E-state index contributed by atoms with van der Waals surface area (Å²) in [4.78, 5) is 0. The van der Waals surface area contributed by atoms with E-state index in [1.807, 2.05) is 24.3 Å². The fourth-order valence-electron chi connectivity index (χ4n) is 2.41. The standard InChI is InChI=1S/C17H11BrClFO/c18-10-5-6-14(16(20)9-10)17(21)13-7-8-15(19)12-4-2-1-3-11(12)13/h1-9,17,21H. The Morgan fingerprint density at radius 1 is 0.952 bits per heavy atom. The van der Waals surface area contributed by atoms with Crippen molar-refractivity contribution in [1.82, 2.24) is 0 Å². The lowest BCUT2D eigenvalue weighted by Crippen LogP contribution is -2.03. The van der Waals surface area contributed by atoms with Crippen LogP contribution < -0.4 is 0 Å². The third-order valence-electron chi connectivity index (χ3n) is 3.46. The van der Waals surface area contributed by atoms with Gasteiger partial charge in [-0.25, -0.2) is 4.39 Å². The molecule has 0 spiro atoms. The summed E-state index contributed by atoms with van der Waals surface area (Å²) in [5, 5.41) is 12.8. The monoisotopic (exact) mass is 364 g/mol. The van der Waals surface area contributed by atoms with E-state index in [1.54, 1.807) is 24.3 Å². The van der Waals surface area contributed by atoms with E-state index in [0.29, 0.717) is 15.1 Å². The molecule has 21 heavy (non-hydrogen) atoms. The van der Waals surface area contributed by atoms with Crippen LogP contribution in [0.2, 0.25) is 5.02 Å². The molecule has 0 fully saturated rings. The molecule has 0 saturated carbocycles. The second-order valence-electron chi connectivity index (χ2n) is 4.75. The van der Waals surface area contributed by atoms with Gasteiger partial charge in [0.25, 0.3) is 0 Å². The summed E-state index contributed by atoms with van der Waals surface area (Å²) in [7, 11) is 0. The third kappa shape index (κ3) is 2.69. The first kappa shape index (κ1) is 14.5. The summed E-state index contributed by atoms with van der Waals surface area (Å²) < 4.78 is 14.7. The zero-order chi connectivity index (χ0) is 15.0. The number of aliphatic hydroxyl groups is 1. The maximum absolute atomic E-state index is 14.0. The minimum Gasteiger partial charge on any atom is -0.384 e. The number of hydrogen-bond acceptors (Lipinski definition) is 1. The lowest BCUT2D eigenvalue weighted by molar-refractivity contribution is 0.216. The average Bonchev–Trinajstić information content (AvgIpc) is 2.47. The Hall–Kier alpha value is -1.42. The Balaban J connectivity index is 2.18. The van der Waals surface area contributed by atoms with Crippen molar-refractivity contribution in [3.05, 3.63) is 81.0 Å². The zero-order valence-electron chi connectivity index (χ0n) is 10.9. The van der Waals surface area contributed by atoms with Gasteiger partial charge in [0.05, 0.1) is 0 Å². The van der Waals surface area contributed by atoms with Crippen molar-refractivity contribution in [2.45, 2.75) is 6.10 Å². The van der Waals surface area contributed by atoms with Crippen molar-refractivity contribution in [2.75, 3.05) is 0 Å². The number of benzene rings is 3. The molecule has 1 atom stereocenters. The van der Waals surface area contributed by atoms with Crippen molar-refractivity contribution in [3.63, 3.8) is 0 Å². The highest BCUT2D eigenvalue weighted by molar-refractivity contribution is 9.10. The fourth-order valence-corrected chi connectivity index (χ4v) is 2.98. The van der Waals surface area contributed by atoms with Gasteiger partial charge in [-0.2, -0.15) is 0 Å². The smallest absolute Gasteiger partial charge is 0.130 e. The lowest BCUT2D eigenvalue weighted by atomic mass is 9.95. The van der Waals surface area contributed by atoms with Crippen LogP contribution in [0.25, 0.3) is 10.8 Å². The molecule has 0 aliphatic rings. The summed E-state index contributed by atoms with van der Waals surface area (Å²) >= 11 is 9.38. The molecule has 3 aromatic carbocycles. The normalized spacial score (nSPS) is 12.6. The van der Waals surface area contributed by atoms with E-state index >= 15 is 0 Å². The largest absolute Gasteiger partial charge is 0.384 e. The van der Waals surface area contributed by atoms with E-state index in [-0.39, 0.29) is 5.56 Å². The summed E-state index contributed by atoms with van der Waals surface area (Å²) in [6.07, 6.45) is -1.04. The van der Waals surface area contributed by atoms with Gasteiger partial charge < -0.3 is 5.11 Å². The Morgan fingerprint density at radius 2 is 1.62 bits per heavy atom. The van der Waals surface area contributed by atoms with E-state index in [1.165, 1.54) is 6.07 Å². The number of aliphatic hydroxyl groups excluding tert-OH is 1. The predicted octanol–water partition coefficient (Wildman–Crippen LogP) is 5.48. The molecule has 1 nitrogen and oxygen atoms in total. The van der Waals surface area contributed by atoms with Crippen LogP contribution in [-0.2, 0) is 0 Å². The molecule has 0 heterocycles. The van der Waals surface area contributed by atoms with Gasteiger partial charge in [0.15, 0.2) is 0 Å². The van der Waals surface area contributed by atoms with Crippen LogP contribution in [0.15, 0.2) is 59.1 Å². The Bertz CT molecular complexity index is 819. The van der Waals surface area contributed by atoms with Crippen LogP contribution in [0, 0.1) is 5.82 Å². The molecule has 0 saturated heterocycles. The maximum Gasteiger partial charge on any atom is 0.130 e. The molecule has 0 aromatic heterocycles. The van der Waals surface area contributed by atoms with Gasteiger partial charge in [0.1, 0.15) is 11.9 Å².